The van der Waals surface area contributed by atoms with Crippen molar-refractivity contribution in [2.75, 3.05) is 11.9 Å². The fraction of sp³-hybridized carbons (Fsp3) is 0.318. The van der Waals surface area contributed by atoms with Gasteiger partial charge >= 0.3 is 6.03 Å². The average Bonchev–Trinajstić information content (AvgIpc) is 3.02. The molecule has 1 atom stereocenters. The number of hydrogen-bond donors (Lipinski definition) is 2. The molecule has 0 aliphatic carbocycles. The first-order valence-corrected chi connectivity index (χ1v) is 10.7. The molecule has 2 aromatic heterocycles. The summed E-state index contributed by atoms with van der Waals surface area (Å²) < 4.78 is 1.99. The highest BCUT2D eigenvalue weighted by molar-refractivity contribution is 7.98. The maximum absolute atomic E-state index is 12.3. The number of nitrogens with one attached hydrogen (secondary N) is 2. The van der Waals surface area contributed by atoms with Crippen LogP contribution in [0.1, 0.15) is 23.9 Å². The van der Waals surface area contributed by atoms with Crippen molar-refractivity contribution in [1.29, 1.82) is 0 Å². The van der Waals surface area contributed by atoms with Gasteiger partial charge in [-0.15, -0.1) is 11.8 Å². The molecule has 0 spiro atoms. The molecule has 0 radical (unpaired) electrons. The highest BCUT2D eigenvalue weighted by atomic mass is 32.2. The van der Waals surface area contributed by atoms with Crippen molar-refractivity contribution in [2.45, 2.75) is 38.1 Å². The highest BCUT2D eigenvalue weighted by Crippen LogP contribution is 2.22. The van der Waals surface area contributed by atoms with Gasteiger partial charge in [-0.1, -0.05) is 25.1 Å². The molecule has 3 rings (SSSR count). The van der Waals surface area contributed by atoms with Crippen LogP contribution in [0.5, 0.6) is 0 Å². The average molecular weight is 410 g/mol. The predicted molar refractivity (Wildman–Crippen MR) is 118 cm³/mol. The molecule has 0 saturated carbocycles. The van der Waals surface area contributed by atoms with Crippen LogP contribution in [0.3, 0.4) is 0 Å². The zero-order valence-electron chi connectivity index (χ0n) is 17.1. The molecule has 6 nitrogen and oxygen atoms in total. The van der Waals surface area contributed by atoms with Crippen LogP contribution in [-0.4, -0.2) is 27.3 Å². The molecule has 29 heavy (non-hydrogen) atoms. The second-order valence-electron chi connectivity index (χ2n) is 7.21. The van der Waals surface area contributed by atoms with Gasteiger partial charge in [0.25, 0.3) is 0 Å². The number of amides is 2. The topological polar surface area (TPSA) is 71.8 Å². The Balaban J connectivity index is 1.45. The van der Waals surface area contributed by atoms with Crippen molar-refractivity contribution in [3.8, 4) is 0 Å². The van der Waals surface area contributed by atoms with Crippen LogP contribution in [0, 0.1) is 19.8 Å². The smallest absolute Gasteiger partial charge is 0.319 e. The molecule has 0 saturated heterocycles. The van der Waals surface area contributed by atoms with E-state index in [1.54, 1.807) is 18.0 Å². The van der Waals surface area contributed by atoms with Gasteiger partial charge in [0.05, 0.1) is 10.7 Å². The van der Waals surface area contributed by atoms with E-state index in [0.717, 1.165) is 40.0 Å². The van der Waals surface area contributed by atoms with Gasteiger partial charge in [0.1, 0.15) is 0 Å². The van der Waals surface area contributed by atoms with Gasteiger partial charge in [0.15, 0.2) is 0 Å². The number of rotatable bonds is 8. The molecule has 7 heteroatoms. The third kappa shape index (κ3) is 6.64. The minimum absolute atomic E-state index is 0.195. The van der Waals surface area contributed by atoms with Gasteiger partial charge in [-0.2, -0.15) is 5.10 Å². The highest BCUT2D eigenvalue weighted by Gasteiger charge is 2.09. The molecule has 152 valence electrons. The molecule has 2 amide bonds. The quantitative estimate of drug-likeness (QED) is 0.532. The van der Waals surface area contributed by atoms with Crippen LogP contribution >= 0.6 is 11.8 Å². The molecule has 0 fully saturated rings. The first-order chi connectivity index (χ1) is 14.0. The summed E-state index contributed by atoms with van der Waals surface area (Å²) in [5.41, 5.74) is 4.07. The standard InChI is InChI=1S/C22H27N5OS/c1-16(14-27-18(3)11-17(2)26-27)13-24-22(28)25-20-8-6-7-19(12-20)15-29-21-9-4-5-10-23-21/h4-12,16H,13-15H2,1-3H3,(H2,24,25,28). The van der Waals surface area contributed by atoms with Gasteiger partial charge in [0.2, 0.25) is 0 Å². The number of aromatic nitrogens is 3. The maximum Gasteiger partial charge on any atom is 0.319 e. The largest absolute Gasteiger partial charge is 0.338 e. The number of nitrogens with zero attached hydrogens (tertiary/aromatic N) is 3. The zero-order chi connectivity index (χ0) is 20.6. The number of anilines is 1. The lowest BCUT2D eigenvalue weighted by Crippen LogP contribution is -2.33. The fourth-order valence-electron chi connectivity index (χ4n) is 2.99. The molecule has 3 aromatic rings. The van der Waals surface area contributed by atoms with Crippen LogP contribution in [0.4, 0.5) is 10.5 Å². The summed E-state index contributed by atoms with van der Waals surface area (Å²) in [6.45, 7) is 7.50. The molecule has 0 bridgehead atoms. The minimum Gasteiger partial charge on any atom is -0.338 e. The Morgan fingerprint density at radius 1 is 1.17 bits per heavy atom. The van der Waals surface area contributed by atoms with Gasteiger partial charge < -0.3 is 10.6 Å². The van der Waals surface area contributed by atoms with E-state index in [4.69, 9.17) is 0 Å². The molecule has 2 heterocycles. The Morgan fingerprint density at radius 3 is 2.76 bits per heavy atom. The minimum atomic E-state index is -0.195. The van der Waals surface area contributed by atoms with E-state index in [0.29, 0.717) is 6.54 Å². The number of thioether (sulfide) groups is 1. The van der Waals surface area contributed by atoms with E-state index in [1.807, 2.05) is 54.9 Å². The van der Waals surface area contributed by atoms with Gasteiger partial charge in [0, 0.05) is 36.4 Å². The van der Waals surface area contributed by atoms with E-state index in [9.17, 15) is 4.79 Å². The van der Waals surface area contributed by atoms with E-state index < -0.39 is 0 Å². The van der Waals surface area contributed by atoms with E-state index in [2.05, 4.69) is 39.8 Å². The van der Waals surface area contributed by atoms with E-state index >= 15 is 0 Å². The Bertz CT molecular complexity index is 941. The summed E-state index contributed by atoms with van der Waals surface area (Å²) in [7, 11) is 0. The second kappa shape index (κ2) is 10.1. The van der Waals surface area contributed by atoms with Crippen LogP contribution in [0.2, 0.25) is 0 Å². The number of carbonyl (C=O) groups is 1. The zero-order valence-corrected chi connectivity index (χ0v) is 17.9. The van der Waals surface area contributed by atoms with Gasteiger partial charge in [-0.05, 0) is 55.7 Å². The third-order valence-corrected chi connectivity index (χ3v) is 5.42. The molecular formula is C22H27N5OS. The van der Waals surface area contributed by atoms with E-state index in [1.165, 1.54) is 0 Å². The van der Waals surface area contributed by atoms with Crippen molar-refractivity contribution in [1.82, 2.24) is 20.1 Å². The number of pyridine rings is 1. The van der Waals surface area contributed by atoms with Crippen molar-refractivity contribution in [3.05, 3.63) is 71.7 Å². The second-order valence-corrected chi connectivity index (χ2v) is 8.20. The first kappa shape index (κ1) is 20.9. The molecule has 1 aromatic carbocycles. The number of benzene rings is 1. The van der Waals surface area contributed by atoms with Gasteiger partial charge in [-0.25, -0.2) is 9.78 Å². The Hall–Kier alpha value is -2.80. The summed E-state index contributed by atoms with van der Waals surface area (Å²) in [6, 6.07) is 15.6. The van der Waals surface area contributed by atoms with Crippen LogP contribution in [-0.2, 0) is 12.3 Å². The van der Waals surface area contributed by atoms with E-state index in [-0.39, 0.29) is 11.9 Å². The normalized spacial score (nSPS) is 11.8. The molecule has 0 aliphatic heterocycles. The summed E-state index contributed by atoms with van der Waals surface area (Å²) >= 11 is 1.67. The Labute approximate surface area is 176 Å². The lowest BCUT2D eigenvalue weighted by molar-refractivity contribution is 0.249. The fourth-order valence-corrected chi connectivity index (χ4v) is 3.79. The van der Waals surface area contributed by atoms with Crippen molar-refractivity contribution in [3.63, 3.8) is 0 Å². The monoisotopic (exact) mass is 409 g/mol. The van der Waals surface area contributed by atoms with Crippen LogP contribution in [0.15, 0.2) is 59.8 Å². The molecule has 2 N–H and O–H groups in total. The van der Waals surface area contributed by atoms with Crippen LogP contribution in [0.25, 0.3) is 0 Å². The molecule has 1 unspecified atom stereocenters. The maximum atomic E-state index is 12.3. The molecule has 0 aliphatic rings. The van der Waals surface area contributed by atoms with Crippen LogP contribution < -0.4 is 10.6 Å². The Kier molecular flexibility index (Phi) is 7.30. The SMILES string of the molecule is Cc1cc(C)n(CC(C)CNC(=O)Nc2cccc(CSc3ccccn3)c2)n1. The summed E-state index contributed by atoms with van der Waals surface area (Å²) in [6.07, 6.45) is 1.79. The number of urea groups is 1. The lowest BCUT2D eigenvalue weighted by atomic mass is 10.2. The van der Waals surface area contributed by atoms with Crippen molar-refractivity contribution < 1.29 is 4.79 Å². The van der Waals surface area contributed by atoms with Crippen molar-refractivity contribution in [2.24, 2.45) is 5.92 Å². The third-order valence-electron chi connectivity index (χ3n) is 4.41. The summed E-state index contributed by atoms with van der Waals surface area (Å²) in [4.78, 5) is 16.6. The number of carbonyl (C=O) groups excluding carboxylic acids is 1. The number of hydrogen-bond acceptors (Lipinski definition) is 4. The lowest BCUT2D eigenvalue weighted by Gasteiger charge is -2.15. The summed E-state index contributed by atoms with van der Waals surface area (Å²) in [5, 5.41) is 11.3. The predicted octanol–water partition coefficient (Wildman–Crippen LogP) is 4.65. The Morgan fingerprint density at radius 2 is 2.03 bits per heavy atom. The first-order valence-electron chi connectivity index (χ1n) is 9.68. The van der Waals surface area contributed by atoms with Crippen molar-refractivity contribution >= 4 is 23.5 Å². The number of aryl methyl sites for hydroxylation is 2. The van der Waals surface area contributed by atoms with Gasteiger partial charge in [-0.3, -0.25) is 4.68 Å². The summed E-state index contributed by atoms with van der Waals surface area (Å²) in [5.74, 6) is 1.08. The molecular weight excluding hydrogens is 382 g/mol.